The molecule has 0 saturated heterocycles. The number of rotatable bonds is 43. The van der Waals surface area contributed by atoms with Gasteiger partial charge in [-0.2, -0.15) is 0 Å². The normalized spacial score (nSPS) is 13.4. The summed E-state index contributed by atoms with van der Waals surface area (Å²) in [7, 11) is 5.30. The highest BCUT2D eigenvalue weighted by Crippen LogP contribution is 2.40. The van der Waals surface area contributed by atoms with Crippen molar-refractivity contribution < 1.29 is 8.85 Å². The van der Waals surface area contributed by atoms with Crippen molar-refractivity contribution in [2.75, 3.05) is 25.7 Å². The quantitative estimate of drug-likeness (QED) is 0.0250. The summed E-state index contributed by atoms with van der Waals surface area (Å²) in [6.45, 7) is 9.38. The van der Waals surface area contributed by atoms with Crippen molar-refractivity contribution in [1.29, 1.82) is 0 Å². The Morgan fingerprint density at radius 3 is 0.970 bits per heavy atom. The average molecular weight is 1010 g/mol. The molecule has 0 fully saturated rings. The van der Waals surface area contributed by atoms with Crippen molar-refractivity contribution in [1.82, 2.24) is 9.97 Å². The van der Waals surface area contributed by atoms with E-state index >= 15 is 0 Å². The Morgan fingerprint density at radius 1 is 0.409 bits per heavy atom. The third-order valence-corrected chi connectivity index (χ3v) is 24.5. The van der Waals surface area contributed by atoms with Crippen LogP contribution in [0.2, 0.25) is 38.3 Å². The second-order valence-corrected chi connectivity index (χ2v) is 34.4. The van der Waals surface area contributed by atoms with Crippen molar-refractivity contribution in [3.8, 4) is 0 Å². The molecule has 2 atom stereocenters. The fourth-order valence-corrected chi connectivity index (χ4v) is 17.0. The van der Waals surface area contributed by atoms with Crippen molar-refractivity contribution in [3.63, 3.8) is 0 Å². The second kappa shape index (κ2) is 35.4. The standard InChI is InChI=1S/C56H96N2O2S4Si2/c1-59-65(3,4)45-37-29-25-21-17-13-9-7-11-15-19-23-27-31-39-49(55-57-51-41-33-35-43-53(51)63-55)47-61-62-48-50(56-58-52-42-34-36-44-54(52)64-56)40-32-28-24-20-16-12-8-10-14-18-22-26-30-38-46-66(5,6)60-2/h33-36,41-44,49-50H,7-32,37-40,45-48H2,1-6H3. The minimum Gasteiger partial charge on any atom is -0.420 e. The Morgan fingerprint density at radius 2 is 0.682 bits per heavy atom. The minimum atomic E-state index is -1.35. The van der Waals surface area contributed by atoms with Gasteiger partial charge in [-0.1, -0.05) is 226 Å². The van der Waals surface area contributed by atoms with Crippen molar-refractivity contribution in [2.45, 2.75) is 243 Å². The first-order valence-electron chi connectivity index (χ1n) is 27.3. The van der Waals surface area contributed by atoms with E-state index in [1.807, 2.05) is 36.9 Å². The molecule has 0 aliphatic carbocycles. The lowest BCUT2D eigenvalue weighted by Crippen LogP contribution is -2.27. The molecular weight excluding hydrogens is 917 g/mol. The van der Waals surface area contributed by atoms with Crippen LogP contribution in [0.15, 0.2) is 48.5 Å². The lowest BCUT2D eigenvalue weighted by molar-refractivity contribution is 0.400. The van der Waals surface area contributed by atoms with Gasteiger partial charge in [-0.25, -0.2) is 9.97 Å². The predicted octanol–water partition coefficient (Wildman–Crippen LogP) is 20.6. The molecule has 4 aromatic rings. The molecule has 0 aliphatic heterocycles. The number of unbranched alkanes of at least 4 members (excludes halogenated alkanes) is 26. The number of hydrogen-bond donors (Lipinski definition) is 0. The van der Waals surface area contributed by atoms with Crippen LogP contribution in [0.25, 0.3) is 20.4 Å². The summed E-state index contributed by atoms with van der Waals surface area (Å²) in [5.41, 5.74) is 2.35. The predicted molar refractivity (Wildman–Crippen MR) is 307 cm³/mol. The Bertz CT molecular complexity index is 1590. The van der Waals surface area contributed by atoms with E-state index in [0.717, 1.165) is 11.5 Å². The number of aromatic nitrogens is 2. The van der Waals surface area contributed by atoms with Gasteiger partial charge in [0.2, 0.25) is 0 Å². The zero-order valence-corrected chi connectivity index (χ0v) is 48.4. The fourth-order valence-electron chi connectivity index (χ4n) is 9.28. The molecule has 0 saturated carbocycles. The average Bonchev–Trinajstić information content (AvgIpc) is 3.96. The van der Waals surface area contributed by atoms with Gasteiger partial charge in [0.15, 0.2) is 16.6 Å². The van der Waals surface area contributed by atoms with Gasteiger partial charge in [-0.05, 0) is 75.4 Å². The highest BCUT2D eigenvalue weighted by Gasteiger charge is 2.22. The molecule has 0 aliphatic rings. The highest BCUT2D eigenvalue weighted by atomic mass is 33.1. The number of nitrogens with zero attached hydrogens (tertiary/aromatic N) is 2. The monoisotopic (exact) mass is 1010 g/mol. The molecule has 4 nitrogen and oxygen atoms in total. The summed E-state index contributed by atoms with van der Waals surface area (Å²) >= 11 is 3.88. The molecule has 10 heteroatoms. The van der Waals surface area contributed by atoms with E-state index in [-0.39, 0.29) is 0 Å². The summed E-state index contributed by atoms with van der Waals surface area (Å²) in [6.07, 6.45) is 41.8. The first-order chi connectivity index (χ1) is 32.2. The second-order valence-electron chi connectivity index (χ2n) is 20.9. The van der Waals surface area contributed by atoms with Crippen molar-refractivity contribution in [3.05, 3.63) is 58.5 Å². The molecule has 374 valence electrons. The van der Waals surface area contributed by atoms with Crippen LogP contribution in [0, 0.1) is 0 Å². The summed E-state index contributed by atoms with van der Waals surface area (Å²) in [5, 5.41) is 2.71. The molecule has 2 unspecified atom stereocenters. The van der Waals surface area contributed by atoms with Crippen LogP contribution >= 0.6 is 44.3 Å². The fraction of sp³-hybridized carbons (Fsp3) is 0.750. The van der Waals surface area contributed by atoms with Crippen molar-refractivity contribution >= 4 is 81.3 Å². The van der Waals surface area contributed by atoms with E-state index in [1.165, 1.54) is 235 Å². The zero-order chi connectivity index (χ0) is 47.0. The lowest BCUT2D eigenvalue weighted by atomic mass is 10.0. The van der Waals surface area contributed by atoms with Gasteiger partial charge < -0.3 is 8.85 Å². The molecule has 0 spiro atoms. The van der Waals surface area contributed by atoms with Gasteiger partial charge in [0, 0.05) is 37.6 Å². The molecule has 2 aromatic heterocycles. The van der Waals surface area contributed by atoms with E-state index in [9.17, 15) is 0 Å². The van der Waals surface area contributed by atoms with Crippen LogP contribution in [0.1, 0.15) is 214 Å². The van der Waals surface area contributed by atoms with E-state index in [2.05, 4.69) is 96.3 Å². The third-order valence-electron chi connectivity index (χ3n) is 14.2. The van der Waals surface area contributed by atoms with E-state index in [0.29, 0.717) is 11.8 Å². The first kappa shape index (κ1) is 57.8. The van der Waals surface area contributed by atoms with Crippen LogP contribution in [-0.2, 0) is 8.85 Å². The molecule has 2 heterocycles. The summed E-state index contributed by atoms with van der Waals surface area (Å²) in [5.74, 6) is 3.38. The van der Waals surface area contributed by atoms with Gasteiger partial charge in [0.25, 0.3) is 0 Å². The first-order valence-corrected chi connectivity index (χ1v) is 37.6. The molecular formula is C56H96N2O2S4Si2. The Kier molecular flexibility index (Phi) is 31.0. The third kappa shape index (κ3) is 25.4. The smallest absolute Gasteiger partial charge is 0.186 e. The van der Waals surface area contributed by atoms with Gasteiger partial charge in [0.05, 0.1) is 30.4 Å². The number of para-hydroxylation sites is 2. The van der Waals surface area contributed by atoms with E-state index in [1.54, 1.807) is 0 Å². The Labute approximate surface area is 424 Å². The van der Waals surface area contributed by atoms with Crippen LogP contribution < -0.4 is 0 Å². The van der Waals surface area contributed by atoms with Crippen LogP contribution in [-0.4, -0.2) is 52.3 Å². The van der Waals surface area contributed by atoms with Crippen LogP contribution in [0.4, 0.5) is 0 Å². The molecule has 66 heavy (non-hydrogen) atoms. The van der Waals surface area contributed by atoms with Gasteiger partial charge >= 0.3 is 0 Å². The lowest BCUT2D eigenvalue weighted by Gasteiger charge is -2.19. The van der Waals surface area contributed by atoms with Gasteiger partial charge in [-0.3, -0.25) is 0 Å². The van der Waals surface area contributed by atoms with Crippen LogP contribution in [0.3, 0.4) is 0 Å². The Hall–Kier alpha value is -0.726. The molecule has 2 aromatic carbocycles. The molecule has 0 N–H and O–H groups in total. The largest absolute Gasteiger partial charge is 0.420 e. The maximum absolute atomic E-state index is 5.70. The Balaban J connectivity index is 1.09. The van der Waals surface area contributed by atoms with E-state index in [4.69, 9.17) is 18.8 Å². The molecule has 0 radical (unpaired) electrons. The molecule has 4 rings (SSSR count). The summed E-state index contributed by atoms with van der Waals surface area (Å²) in [4.78, 5) is 10.4. The summed E-state index contributed by atoms with van der Waals surface area (Å²) in [6, 6.07) is 20.1. The van der Waals surface area contributed by atoms with Gasteiger partial charge in [-0.15, -0.1) is 22.7 Å². The minimum absolute atomic E-state index is 0.537. The van der Waals surface area contributed by atoms with Gasteiger partial charge in [0.1, 0.15) is 0 Å². The maximum atomic E-state index is 5.70. The van der Waals surface area contributed by atoms with E-state index < -0.39 is 16.6 Å². The zero-order valence-electron chi connectivity index (χ0n) is 43.2. The number of hydrogen-bond acceptors (Lipinski definition) is 8. The summed E-state index contributed by atoms with van der Waals surface area (Å²) < 4.78 is 14.1. The number of fused-ring (bicyclic) bond motifs is 2. The maximum Gasteiger partial charge on any atom is 0.186 e. The topological polar surface area (TPSA) is 44.2 Å². The number of thiazole rings is 2. The molecule has 0 amide bonds. The molecule has 0 bridgehead atoms. The van der Waals surface area contributed by atoms with Crippen LogP contribution in [0.5, 0.6) is 0 Å². The number of benzene rings is 2. The highest BCUT2D eigenvalue weighted by molar-refractivity contribution is 8.76. The van der Waals surface area contributed by atoms with Crippen molar-refractivity contribution in [2.24, 2.45) is 0 Å². The SMILES string of the molecule is CO[Si](C)(C)CCCCCCCCCCCCCCCCC(CSSCC(CCCCCCCCCCCCCCCC[Si](C)(C)OC)c1nc2ccccc2s1)c1nc2ccccc2s1.